The highest BCUT2D eigenvalue weighted by atomic mass is 16.8. The Labute approximate surface area is 324 Å². The van der Waals surface area contributed by atoms with Crippen molar-refractivity contribution in [3.63, 3.8) is 0 Å². The van der Waals surface area contributed by atoms with Crippen molar-refractivity contribution in [3.8, 4) is 0 Å². The summed E-state index contributed by atoms with van der Waals surface area (Å²) in [4.78, 5) is 0. The quantitative estimate of drug-likeness (QED) is 0.0419. The monoisotopic (exact) mass is 806 g/mol. The molecular weight excluding hydrogens is 736 g/mol. The normalized spacial score (nSPS) is 33.4. The summed E-state index contributed by atoms with van der Waals surface area (Å²) in [5, 5.41) is 81.2. The fourth-order valence-corrected chi connectivity index (χ4v) is 5.72. The van der Waals surface area contributed by atoms with Crippen LogP contribution in [0.3, 0.4) is 0 Å². The van der Waals surface area contributed by atoms with E-state index < -0.39 is 110 Å². The van der Waals surface area contributed by atoms with Gasteiger partial charge in [0.15, 0.2) is 12.6 Å². The number of ether oxygens (including phenoxy) is 11. The maximum atomic E-state index is 10.3. The van der Waals surface area contributed by atoms with E-state index in [0.717, 1.165) is 0 Å². The van der Waals surface area contributed by atoms with Gasteiger partial charge in [0.1, 0.15) is 48.8 Å². The van der Waals surface area contributed by atoms with Gasteiger partial charge in [0, 0.05) is 0 Å². The van der Waals surface area contributed by atoms with Crippen molar-refractivity contribution >= 4 is 0 Å². The maximum Gasteiger partial charge on any atom is 0.187 e. The van der Waals surface area contributed by atoms with Crippen LogP contribution in [0.2, 0.25) is 0 Å². The minimum atomic E-state index is -1.39. The van der Waals surface area contributed by atoms with Gasteiger partial charge in [-0.3, -0.25) is 0 Å². The summed E-state index contributed by atoms with van der Waals surface area (Å²) in [6.07, 6.45) is -18.5. The van der Waals surface area contributed by atoms with Gasteiger partial charge in [-0.05, 0) is 55.4 Å². The van der Waals surface area contributed by atoms with E-state index in [4.69, 9.17) is 52.1 Å². The van der Waals surface area contributed by atoms with Crippen LogP contribution in [-0.4, -0.2) is 217 Å². The Kier molecular flexibility index (Phi) is 24.1. The van der Waals surface area contributed by atoms with Crippen LogP contribution in [0, 0.1) is 0 Å². The van der Waals surface area contributed by atoms with Gasteiger partial charge in [-0.1, -0.05) is 0 Å². The molecule has 2 aliphatic heterocycles. The zero-order chi connectivity index (χ0) is 41.2. The van der Waals surface area contributed by atoms with Crippen LogP contribution in [0.5, 0.6) is 0 Å². The van der Waals surface area contributed by atoms with Crippen LogP contribution in [-0.2, 0) is 52.1 Å². The minimum absolute atomic E-state index is 0.0553. The molecule has 2 aliphatic rings. The predicted octanol–water partition coefficient (Wildman–Crippen LogP) is -2.16. The zero-order valence-electron chi connectivity index (χ0n) is 33.5. The van der Waals surface area contributed by atoms with Gasteiger partial charge in [-0.25, -0.2) is 0 Å². The van der Waals surface area contributed by atoms with Crippen LogP contribution in [0.25, 0.3) is 0 Å². The van der Waals surface area contributed by atoms with Crippen LogP contribution < -0.4 is 0 Å². The first-order valence-corrected chi connectivity index (χ1v) is 19.1. The molecule has 0 aromatic rings. The van der Waals surface area contributed by atoms with Gasteiger partial charge >= 0.3 is 0 Å². The molecule has 2 rings (SSSR count). The molecule has 0 radical (unpaired) electrons. The average Bonchev–Trinajstić information content (AvgIpc) is 3.07. The molecule has 328 valence electrons. The summed E-state index contributed by atoms with van der Waals surface area (Å²) in [5.74, 6) is 0. The maximum absolute atomic E-state index is 10.3. The highest BCUT2D eigenvalue weighted by Gasteiger charge is 2.55. The van der Waals surface area contributed by atoms with Crippen molar-refractivity contribution in [3.05, 3.63) is 0 Å². The van der Waals surface area contributed by atoms with E-state index in [1.807, 2.05) is 0 Å². The Balaban J connectivity index is 2.73. The molecule has 55 heavy (non-hydrogen) atoms. The van der Waals surface area contributed by atoms with E-state index in [0.29, 0.717) is 0 Å². The number of hydrogen-bond acceptors (Lipinski definition) is 19. The van der Waals surface area contributed by atoms with Gasteiger partial charge in [0.2, 0.25) is 0 Å². The Morgan fingerprint density at radius 2 is 0.636 bits per heavy atom. The van der Waals surface area contributed by atoms with Crippen molar-refractivity contribution in [1.82, 2.24) is 0 Å². The molecule has 0 aromatic heterocycles. The lowest BCUT2D eigenvalue weighted by atomic mass is 9.95. The summed E-state index contributed by atoms with van der Waals surface area (Å²) in [6, 6.07) is 0. The van der Waals surface area contributed by atoms with Crippen molar-refractivity contribution in [2.24, 2.45) is 0 Å². The largest absolute Gasteiger partial charge is 0.391 e. The molecule has 0 saturated carbocycles. The molecule has 0 unspecified atom stereocenters. The lowest BCUT2D eigenvalue weighted by Gasteiger charge is -2.50. The molecule has 0 aromatic carbocycles. The van der Waals surface area contributed by atoms with Gasteiger partial charge in [0.05, 0.1) is 115 Å². The van der Waals surface area contributed by atoms with Crippen LogP contribution in [0.1, 0.15) is 55.4 Å². The first-order chi connectivity index (χ1) is 25.9. The van der Waals surface area contributed by atoms with E-state index in [-0.39, 0.29) is 66.1 Å². The molecule has 0 spiro atoms. The molecule has 0 aliphatic carbocycles. The number of aliphatic hydroxyl groups excluding tert-OH is 8. The van der Waals surface area contributed by atoms with Crippen molar-refractivity contribution in [2.75, 3.05) is 66.1 Å². The van der Waals surface area contributed by atoms with E-state index >= 15 is 0 Å². The predicted molar refractivity (Wildman–Crippen MR) is 192 cm³/mol. The van der Waals surface area contributed by atoms with Gasteiger partial charge in [0.25, 0.3) is 0 Å². The van der Waals surface area contributed by atoms with Gasteiger partial charge < -0.3 is 93.0 Å². The second kappa shape index (κ2) is 26.4. The smallest absolute Gasteiger partial charge is 0.187 e. The fourth-order valence-electron chi connectivity index (χ4n) is 5.72. The first-order valence-electron chi connectivity index (χ1n) is 19.1. The summed E-state index contributed by atoms with van der Waals surface area (Å²) in [6.45, 7) is 10.7. The van der Waals surface area contributed by atoms with E-state index in [2.05, 4.69) is 0 Å². The summed E-state index contributed by atoms with van der Waals surface area (Å²) >= 11 is 0. The Bertz CT molecular complexity index is 969. The van der Waals surface area contributed by atoms with Crippen LogP contribution >= 0.6 is 0 Å². The first kappa shape index (κ1) is 50.4. The third-order valence-electron chi connectivity index (χ3n) is 7.91. The molecule has 19 nitrogen and oxygen atoms in total. The van der Waals surface area contributed by atoms with E-state index in [9.17, 15) is 40.9 Å². The number of aliphatic hydroxyl groups is 8. The number of hydrogen-bond donors (Lipinski definition) is 8. The molecule has 19 heteroatoms. The minimum Gasteiger partial charge on any atom is -0.391 e. The fraction of sp³-hybridized carbons (Fsp3) is 1.00. The molecule has 8 N–H and O–H groups in total. The van der Waals surface area contributed by atoms with Crippen LogP contribution in [0.4, 0.5) is 0 Å². The topological polar surface area (TPSA) is 263 Å². The molecule has 0 bridgehead atoms. The molecule has 0 amide bonds. The Morgan fingerprint density at radius 3 is 1.04 bits per heavy atom. The summed E-state index contributed by atoms with van der Waals surface area (Å²) in [7, 11) is 0. The molecule has 18 atom stereocenters. The summed E-state index contributed by atoms with van der Waals surface area (Å²) in [5.41, 5.74) is 0. The number of rotatable bonds is 28. The average molecular weight is 807 g/mol. The molecular formula is C36H70O19. The Hall–Kier alpha value is -0.760. The third-order valence-corrected chi connectivity index (χ3v) is 7.91. The lowest BCUT2D eigenvalue weighted by molar-refractivity contribution is -0.377. The Morgan fingerprint density at radius 1 is 0.345 bits per heavy atom. The second-order valence-electron chi connectivity index (χ2n) is 14.9. The van der Waals surface area contributed by atoms with Gasteiger partial charge in [-0.15, -0.1) is 0 Å². The standard InChI is InChI=1S/C36H70O19/c1-19(37)9-45-17-27-29(47-11-21(3)39)31(48-12-22(4)40)34(51-15-25(7)43)36(54-27)55-30-28(18-46-10-20(2)38)53-35(52-16-26(8)44)33(50-14-24(6)42)32(30)49-13-23(5)41/h19-44H,9-18H2,1-8H3/t19-,20-,21+,22+,23-,24-,25-,26-,27+,28+,29+,30+,31-,32-,33+,34+,35+,36-/m0/s1. The molecule has 2 saturated heterocycles. The SMILES string of the molecule is C[C@H](O)COC[C@H]1O[C@@H](O[C@H]2[C@H](OC[C@H](C)O)[C@@H](OC[C@H](C)O)[C@H](OC[C@H](C)O)O[C@@H]2COC[C@H](C)O)[C@H](OC[C@H](C)O)[C@@H](OC[C@@H](C)O)[C@@H]1OC[C@@H](C)O. The zero-order valence-corrected chi connectivity index (χ0v) is 33.5. The molecule has 2 heterocycles. The van der Waals surface area contributed by atoms with Crippen molar-refractivity contribution in [2.45, 2.75) is 166 Å². The van der Waals surface area contributed by atoms with Gasteiger partial charge in [-0.2, -0.15) is 0 Å². The van der Waals surface area contributed by atoms with Crippen molar-refractivity contribution in [1.29, 1.82) is 0 Å². The van der Waals surface area contributed by atoms with E-state index in [1.54, 1.807) is 13.8 Å². The van der Waals surface area contributed by atoms with Crippen molar-refractivity contribution < 1.29 is 93.0 Å². The van der Waals surface area contributed by atoms with E-state index in [1.165, 1.54) is 41.5 Å². The third kappa shape index (κ3) is 19.2. The summed E-state index contributed by atoms with van der Waals surface area (Å²) < 4.78 is 68.1. The lowest BCUT2D eigenvalue weighted by Crippen LogP contribution is -2.67. The molecule has 2 fully saturated rings. The highest BCUT2D eigenvalue weighted by Crippen LogP contribution is 2.35. The second-order valence-corrected chi connectivity index (χ2v) is 14.9. The highest BCUT2D eigenvalue weighted by molar-refractivity contribution is 4.98. The van der Waals surface area contributed by atoms with Crippen LogP contribution in [0.15, 0.2) is 0 Å².